The number of para-hydroxylation sites is 1. The van der Waals surface area contributed by atoms with Crippen LogP contribution in [0.2, 0.25) is 10.0 Å². The zero-order valence-electron chi connectivity index (χ0n) is 19.9. The standard InChI is InChI=1S/C29H22Cl2N2O3S/c1-16-11-19(8-10-20(16)18-7-9-21-23(29(34)35)15-37-27(21)12-18)36-14-26-22(17-5-6-17)13-32-33(26)28-24(30)3-2-4-25(28)31/h2-4,7-13,15,17H,5-6,14H2,1H3,(H,34,35). The van der Waals surface area contributed by atoms with E-state index < -0.39 is 5.97 Å². The van der Waals surface area contributed by atoms with Crippen molar-refractivity contribution >= 4 is 50.6 Å². The SMILES string of the molecule is Cc1cc(OCc2c(C3CC3)cnn2-c2c(Cl)cccc2Cl)ccc1-c1ccc2c(C(=O)O)csc2c1. The average Bonchev–Trinajstić information content (AvgIpc) is 3.49. The molecule has 0 spiro atoms. The normalized spacial score (nSPS) is 13.3. The van der Waals surface area contributed by atoms with Crippen LogP contribution >= 0.6 is 34.5 Å². The predicted molar refractivity (Wildman–Crippen MR) is 149 cm³/mol. The predicted octanol–water partition coefficient (Wildman–Crippen LogP) is 8.52. The highest BCUT2D eigenvalue weighted by Crippen LogP contribution is 2.43. The van der Waals surface area contributed by atoms with Gasteiger partial charge < -0.3 is 9.84 Å². The summed E-state index contributed by atoms with van der Waals surface area (Å²) >= 11 is 14.4. The molecule has 1 saturated carbocycles. The molecule has 8 heteroatoms. The van der Waals surface area contributed by atoms with E-state index in [2.05, 4.69) is 5.10 Å². The van der Waals surface area contributed by atoms with Gasteiger partial charge in [0.15, 0.2) is 0 Å². The first-order valence-electron chi connectivity index (χ1n) is 11.9. The Bertz CT molecular complexity index is 1650. The number of thiophene rings is 1. The number of hydrogen-bond donors (Lipinski definition) is 1. The topological polar surface area (TPSA) is 64.4 Å². The van der Waals surface area contributed by atoms with E-state index in [-0.39, 0.29) is 0 Å². The minimum absolute atomic E-state index is 0.339. The summed E-state index contributed by atoms with van der Waals surface area (Å²) in [6, 6.07) is 17.4. The van der Waals surface area contributed by atoms with Crippen molar-refractivity contribution in [3.63, 3.8) is 0 Å². The maximum absolute atomic E-state index is 11.4. The second kappa shape index (κ2) is 9.53. The highest BCUT2D eigenvalue weighted by Gasteiger charge is 2.30. The molecule has 0 saturated heterocycles. The maximum atomic E-state index is 11.4. The minimum Gasteiger partial charge on any atom is -0.487 e. The van der Waals surface area contributed by atoms with Gasteiger partial charge in [-0.05, 0) is 72.7 Å². The van der Waals surface area contributed by atoms with E-state index in [1.807, 2.05) is 67.7 Å². The molecule has 1 aliphatic rings. The van der Waals surface area contributed by atoms with Crippen molar-refractivity contribution in [2.75, 3.05) is 0 Å². The first kappa shape index (κ1) is 24.0. The molecule has 0 bridgehead atoms. The number of aromatic carboxylic acids is 1. The van der Waals surface area contributed by atoms with Crippen LogP contribution in [0.5, 0.6) is 5.75 Å². The second-order valence-corrected chi connectivity index (χ2v) is 11.0. The van der Waals surface area contributed by atoms with Crippen LogP contribution in [0.3, 0.4) is 0 Å². The molecule has 37 heavy (non-hydrogen) atoms. The highest BCUT2D eigenvalue weighted by molar-refractivity contribution is 7.17. The van der Waals surface area contributed by atoms with Crippen molar-refractivity contribution in [2.24, 2.45) is 0 Å². The van der Waals surface area contributed by atoms with Gasteiger partial charge in [-0.1, -0.05) is 47.5 Å². The molecule has 2 heterocycles. The van der Waals surface area contributed by atoms with E-state index >= 15 is 0 Å². The number of halogens is 2. The fourth-order valence-corrected chi connectivity index (χ4v) is 6.24. The van der Waals surface area contributed by atoms with Crippen molar-refractivity contribution < 1.29 is 14.6 Å². The monoisotopic (exact) mass is 548 g/mol. The summed E-state index contributed by atoms with van der Waals surface area (Å²) < 4.78 is 9.03. The first-order chi connectivity index (χ1) is 17.9. The molecule has 6 rings (SSSR count). The van der Waals surface area contributed by atoms with Crippen molar-refractivity contribution in [3.8, 4) is 22.6 Å². The lowest BCUT2D eigenvalue weighted by molar-refractivity contribution is 0.0699. The largest absolute Gasteiger partial charge is 0.487 e. The van der Waals surface area contributed by atoms with Gasteiger partial charge >= 0.3 is 5.97 Å². The summed E-state index contributed by atoms with van der Waals surface area (Å²) in [6.07, 6.45) is 4.19. The molecule has 1 fully saturated rings. The fraction of sp³-hybridized carbons (Fsp3) is 0.172. The van der Waals surface area contributed by atoms with Gasteiger partial charge in [-0.25, -0.2) is 9.48 Å². The lowest BCUT2D eigenvalue weighted by Gasteiger charge is -2.15. The van der Waals surface area contributed by atoms with E-state index in [1.54, 1.807) is 10.1 Å². The maximum Gasteiger partial charge on any atom is 0.337 e. The molecular weight excluding hydrogens is 527 g/mol. The van der Waals surface area contributed by atoms with Gasteiger partial charge in [0, 0.05) is 21.0 Å². The Labute approximate surface area is 227 Å². The number of fused-ring (bicyclic) bond motifs is 1. The zero-order chi connectivity index (χ0) is 25.7. The Kier molecular flexibility index (Phi) is 6.19. The second-order valence-electron chi connectivity index (χ2n) is 9.23. The van der Waals surface area contributed by atoms with Crippen LogP contribution < -0.4 is 4.74 Å². The van der Waals surface area contributed by atoms with Gasteiger partial charge in [-0.2, -0.15) is 5.10 Å². The van der Waals surface area contributed by atoms with Gasteiger partial charge in [0.2, 0.25) is 0 Å². The van der Waals surface area contributed by atoms with E-state index in [9.17, 15) is 9.90 Å². The number of hydrogen-bond acceptors (Lipinski definition) is 4. The Morgan fingerprint density at radius 2 is 1.92 bits per heavy atom. The molecule has 0 radical (unpaired) electrons. The first-order valence-corrected chi connectivity index (χ1v) is 13.5. The van der Waals surface area contributed by atoms with Crippen molar-refractivity contribution in [1.82, 2.24) is 9.78 Å². The average molecular weight is 549 g/mol. The van der Waals surface area contributed by atoms with E-state index in [0.717, 1.165) is 51.1 Å². The fourth-order valence-electron chi connectivity index (χ4n) is 4.71. The van der Waals surface area contributed by atoms with Crippen molar-refractivity contribution in [1.29, 1.82) is 0 Å². The molecule has 0 unspecified atom stereocenters. The van der Waals surface area contributed by atoms with E-state index in [4.69, 9.17) is 27.9 Å². The van der Waals surface area contributed by atoms with Gasteiger partial charge in [-0.3, -0.25) is 0 Å². The van der Waals surface area contributed by atoms with Crippen LogP contribution in [-0.2, 0) is 6.61 Å². The Hall–Kier alpha value is -3.32. The van der Waals surface area contributed by atoms with Crippen LogP contribution in [0.25, 0.3) is 26.9 Å². The lowest BCUT2D eigenvalue weighted by atomic mass is 9.99. The smallest absolute Gasteiger partial charge is 0.337 e. The third-order valence-electron chi connectivity index (χ3n) is 6.76. The van der Waals surface area contributed by atoms with Crippen LogP contribution in [-0.4, -0.2) is 20.9 Å². The number of ether oxygens (including phenoxy) is 1. The quantitative estimate of drug-likeness (QED) is 0.221. The zero-order valence-corrected chi connectivity index (χ0v) is 22.2. The minimum atomic E-state index is -0.903. The van der Waals surface area contributed by atoms with Crippen molar-refractivity contribution in [2.45, 2.75) is 32.3 Å². The molecule has 0 aliphatic heterocycles. The Balaban J connectivity index is 1.28. The molecule has 5 nitrogen and oxygen atoms in total. The van der Waals surface area contributed by atoms with Gasteiger partial charge in [0.1, 0.15) is 18.0 Å². The number of carboxylic acid groups (broad SMARTS) is 1. The Morgan fingerprint density at radius 3 is 2.62 bits per heavy atom. The summed E-state index contributed by atoms with van der Waals surface area (Å²) in [7, 11) is 0. The van der Waals surface area contributed by atoms with Gasteiger partial charge in [-0.15, -0.1) is 11.3 Å². The summed E-state index contributed by atoms with van der Waals surface area (Å²) in [4.78, 5) is 11.4. The van der Waals surface area contributed by atoms with Gasteiger partial charge in [0.25, 0.3) is 0 Å². The number of aryl methyl sites for hydroxylation is 1. The molecule has 3 aromatic carbocycles. The number of aromatic nitrogens is 2. The van der Waals surface area contributed by atoms with E-state index in [0.29, 0.717) is 33.8 Å². The van der Waals surface area contributed by atoms with Crippen molar-refractivity contribution in [3.05, 3.63) is 98.6 Å². The molecular formula is C29H22Cl2N2O3S. The van der Waals surface area contributed by atoms with Crippen LogP contribution in [0.1, 0.15) is 45.9 Å². The Morgan fingerprint density at radius 1 is 1.14 bits per heavy atom. The summed E-state index contributed by atoms with van der Waals surface area (Å²) in [6.45, 7) is 2.39. The summed E-state index contributed by atoms with van der Waals surface area (Å²) in [5, 5.41) is 17.5. The van der Waals surface area contributed by atoms with Crippen LogP contribution in [0.4, 0.5) is 0 Å². The number of rotatable bonds is 7. The molecule has 2 aromatic heterocycles. The highest BCUT2D eigenvalue weighted by atomic mass is 35.5. The summed E-state index contributed by atoms with van der Waals surface area (Å²) in [5.74, 6) is 0.345. The third kappa shape index (κ3) is 4.50. The van der Waals surface area contributed by atoms with Crippen LogP contribution in [0.15, 0.2) is 66.2 Å². The molecule has 0 amide bonds. The number of carboxylic acids is 1. The summed E-state index contributed by atoms with van der Waals surface area (Å²) in [5.41, 5.74) is 6.32. The number of carbonyl (C=O) groups is 1. The third-order valence-corrected chi connectivity index (χ3v) is 8.31. The molecule has 0 atom stereocenters. The molecule has 1 N–H and O–H groups in total. The molecule has 1 aliphatic carbocycles. The number of benzene rings is 3. The number of nitrogens with zero attached hydrogens (tertiary/aromatic N) is 2. The molecule has 186 valence electrons. The van der Waals surface area contributed by atoms with E-state index in [1.165, 1.54) is 16.9 Å². The van der Waals surface area contributed by atoms with Crippen LogP contribution in [0, 0.1) is 6.92 Å². The molecule has 5 aromatic rings. The van der Waals surface area contributed by atoms with Gasteiger partial charge in [0.05, 0.1) is 27.5 Å². The lowest BCUT2D eigenvalue weighted by Crippen LogP contribution is -2.08.